The lowest BCUT2D eigenvalue weighted by atomic mass is 9.86. The number of carboxylic acids is 2. The summed E-state index contributed by atoms with van der Waals surface area (Å²) in [5.41, 5.74) is 1.40. The van der Waals surface area contributed by atoms with Gasteiger partial charge in [0.05, 0.1) is 6.61 Å². The molecule has 0 unspecified atom stereocenters. The van der Waals surface area contributed by atoms with E-state index in [1.54, 1.807) is 0 Å². The number of unbranched alkanes of at least 4 members (excludes halogenated alkanes) is 1. The molecule has 0 aromatic heterocycles. The predicted molar refractivity (Wildman–Crippen MR) is 108 cm³/mol. The van der Waals surface area contributed by atoms with Crippen LogP contribution < -0.4 is 10.1 Å². The summed E-state index contributed by atoms with van der Waals surface area (Å²) in [6, 6.07) is 5.89. The number of nitrogens with one attached hydrogen (secondary N) is 1. The number of halogens is 1. The van der Waals surface area contributed by atoms with Gasteiger partial charge in [-0.1, -0.05) is 32.4 Å². The van der Waals surface area contributed by atoms with Gasteiger partial charge in [0.1, 0.15) is 5.75 Å². The predicted octanol–water partition coefficient (Wildman–Crippen LogP) is 4.34. The first-order valence-electron chi connectivity index (χ1n) is 8.88. The van der Waals surface area contributed by atoms with Crippen molar-refractivity contribution < 1.29 is 24.5 Å². The second-order valence-corrected chi connectivity index (χ2v) is 8.67. The van der Waals surface area contributed by atoms with Crippen molar-refractivity contribution in [1.82, 2.24) is 5.32 Å². The van der Waals surface area contributed by atoms with Crippen LogP contribution in [0.25, 0.3) is 0 Å². The topological polar surface area (TPSA) is 95.9 Å². The van der Waals surface area contributed by atoms with E-state index in [0.29, 0.717) is 0 Å². The van der Waals surface area contributed by atoms with Gasteiger partial charge in [-0.05, 0) is 63.8 Å². The molecule has 3 N–H and O–H groups in total. The minimum atomic E-state index is -1.82. The zero-order valence-corrected chi connectivity index (χ0v) is 17.8. The molecule has 6 nitrogen and oxygen atoms in total. The summed E-state index contributed by atoms with van der Waals surface area (Å²) in [6.07, 6.45) is 2.17. The lowest BCUT2D eigenvalue weighted by Crippen LogP contribution is -2.36. The van der Waals surface area contributed by atoms with Crippen LogP contribution in [0, 0.1) is 0 Å². The highest BCUT2D eigenvalue weighted by molar-refractivity contribution is 6.30. The summed E-state index contributed by atoms with van der Waals surface area (Å²) >= 11 is 6.10. The normalized spacial score (nSPS) is 11.4. The average molecular weight is 402 g/mol. The van der Waals surface area contributed by atoms with Gasteiger partial charge in [-0.2, -0.15) is 0 Å². The standard InChI is InChI=1S/C18H30ClNO.C2H2O4/c1-17(2,3)15-13-14(19)9-10-16(15)21-12-8-7-11-20-18(4,5)6;3-1(4)2(5)6/h9-10,13,20H,7-8,11-12H2,1-6H3;(H,3,4)(H,5,6). The molecule has 0 aliphatic carbocycles. The average Bonchev–Trinajstić information content (AvgIpc) is 2.50. The fourth-order valence-electron chi connectivity index (χ4n) is 2.09. The van der Waals surface area contributed by atoms with Crippen LogP contribution in [0.5, 0.6) is 5.75 Å². The van der Waals surface area contributed by atoms with Crippen LogP contribution in [0.3, 0.4) is 0 Å². The molecule has 0 saturated heterocycles. The van der Waals surface area contributed by atoms with Crippen molar-refractivity contribution in [3.8, 4) is 5.75 Å². The van der Waals surface area contributed by atoms with Gasteiger partial charge in [-0.3, -0.25) is 0 Å². The number of carboxylic acid groups (broad SMARTS) is 2. The van der Waals surface area contributed by atoms with Gasteiger partial charge in [0.15, 0.2) is 0 Å². The molecule has 0 radical (unpaired) electrons. The van der Waals surface area contributed by atoms with Crippen molar-refractivity contribution in [1.29, 1.82) is 0 Å². The van der Waals surface area contributed by atoms with Crippen LogP contribution in [0.4, 0.5) is 0 Å². The van der Waals surface area contributed by atoms with Crippen LogP contribution in [-0.4, -0.2) is 40.8 Å². The lowest BCUT2D eigenvalue weighted by Gasteiger charge is -2.23. The molecular weight excluding hydrogens is 370 g/mol. The summed E-state index contributed by atoms with van der Waals surface area (Å²) in [5.74, 6) is -2.69. The Hall–Kier alpha value is -1.79. The fraction of sp³-hybridized carbons (Fsp3) is 0.600. The Bertz CT molecular complexity index is 606. The van der Waals surface area contributed by atoms with E-state index in [0.717, 1.165) is 36.8 Å². The third-order valence-corrected chi connectivity index (χ3v) is 3.65. The number of ether oxygens (including phenoxy) is 1. The Morgan fingerprint density at radius 1 is 1.04 bits per heavy atom. The van der Waals surface area contributed by atoms with Gasteiger partial charge >= 0.3 is 11.9 Å². The van der Waals surface area contributed by atoms with Gasteiger partial charge < -0.3 is 20.3 Å². The number of hydrogen-bond acceptors (Lipinski definition) is 4. The molecule has 0 spiro atoms. The maximum Gasteiger partial charge on any atom is 0.414 e. The van der Waals surface area contributed by atoms with E-state index < -0.39 is 11.9 Å². The lowest BCUT2D eigenvalue weighted by molar-refractivity contribution is -0.159. The Morgan fingerprint density at radius 2 is 1.59 bits per heavy atom. The molecule has 0 amide bonds. The summed E-state index contributed by atoms with van der Waals surface area (Å²) in [5, 5.41) is 19.0. The number of carbonyl (C=O) groups is 2. The first-order valence-corrected chi connectivity index (χ1v) is 9.26. The van der Waals surface area contributed by atoms with Crippen LogP contribution in [0.1, 0.15) is 59.9 Å². The maximum absolute atomic E-state index is 9.10. The van der Waals surface area contributed by atoms with E-state index in [2.05, 4.69) is 46.9 Å². The molecule has 0 atom stereocenters. The summed E-state index contributed by atoms with van der Waals surface area (Å²) in [6.45, 7) is 14.9. The molecule has 1 rings (SSSR count). The number of aliphatic carboxylic acids is 2. The van der Waals surface area contributed by atoms with Crippen molar-refractivity contribution in [3.63, 3.8) is 0 Å². The minimum Gasteiger partial charge on any atom is -0.493 e. The third-order valence-electron chi connectivity index (χ3n) is 3.42. The van der Waals surface area contributed by atoms with Gasteiger partial charge in [-0.15, -0.1) is 0 Å². The van der Waals surface area contributed by atoms with Crippen LogP contribution in [-0.2, 0) is 15.0 Å². The van der Waals surface area contributed by atoms with Gasteiger partial charge in [0, 0.05) is 16.1 Å². The second kappa shape index (κ2) is 11.1. The molecule has 0 aliphatic rings. The molecule has 1 aromatic carbocycles. The second-order valence-electron chi connectivity index (χ2n) is 8.23. The SMILES string of the molecule is CC(C)(C)NCCCCOc1ccc(Cl)cc1C(C)(C)C.O=C(O)C(=O)O. The zero-order valence-electron chi connectivity index (χ0n) is 17.1. The number of hydrogen-bond donors (Lipinski definition) is 3. The van der Waals surface area contributed by atoms with Crippen molar-refractivity contribution >= 4 is 23.5 Å². The quantitative estimate of drug-likeness (QED) is 0.484. The maximum atomic E-state index is 9.10. The van der Waals surface area contributed by atoms with Gasteiger partial charge in [-0.25, -0.2) is 9.59 Å². The Kier molecular flexibility index (Phi) is 10.4. The van der Waals surface area contributed by atoms with Crippen molar-refractivity contribution in [2.45, 2.75) is 65.3 Å². The Labute approximate surface area is 166 Å². The van der Waals surface area contributed by atoms with Crippen molar-refractivity contribution in [2.75, 3.05) is 13.2 Å². The van der Waals surface area contributed by atoms with E-state index >= 15 is 0 Å². The first-order chi connectivity index (χ1) is 12.2. The van der Waals surface area contributed by atoms with E-state index in [1.807, 2.05) is 18.2 Å². The molecule has 0 saturated carbocycles. The van der Waals surface area contributed by atoms with E-state index in [4.69, 9.17) is 36.1 Å². The molecule has 0 heterocycles. The smallest absolute Gasteiger partial charge is 0.414 e. The van der Waals surface area contributed by atoms with Crippen LogP contribution in [0.2, 0.25) is 5.02 Å². The largest absolute Gasteiger partial charge is 0.493 e. The first kappa shape index (κ1) is 25.2. The Morgan fingerprint density at radius 3 is 2.04 bits per heavy atom. The van der Waals surface area contributed by atoms with E-state index in [-0.39, 0.29) is 11.0 Å². The molecule has 0 aliphatic heterocycles. The summed E-state index contributed by atoms with van der Waals surface area (Å²) in [7, 11) is 0. The van der Waals surface area contributed by atoms with Gasteiger partial charge in [0.2, 0.25) is 0 Å². The molecule has 7 heteroatoms. The molecular formula is C20H32ClNO5. The molecule has 154 valence electrons. The fourth-order valence-corrected chi connectivity index (χ4v) is 2.26. The summed E-state index contributed by atoms with van der Waals surface area (Å²) in [4.78, 5) is 18.2. The highest BCUT2D eigenvalue weighted by atomic mass is 35.5. The van der Waals surface area contributed by atoms with Crippen LogP contribution in [0.15, 0.2) is 18.2 Å². The molecule has 0 fully saturated rings. The highest BCUT2D eigenvalue weighted by Crippen LogP contribution is 2.33. The van der Waals surface area contributed by atoms with E-state index in [1.165, 1.54) is 5.56 Å². The molecule has 27 heavy (non-hydrogen) atoms. The monoisotopic (exact) mass is 401 g/mol. The van der Waals surface area contributed by atoms with Crippen molar-refractivity contribution in [3.05, 3.63) is 28.8 Å². The highest BCUT2D eigenvalue weighted by Gasteiger charge is 2.19. The Balaban J connectivity index is 0.000000972. The molecule has 1 aromatic rings. The minimum absolute atomic E-state index is 0.0357. The van der Waals surface area contributed by atoms with E-state index in [9.17, 15) is 0 Å². The molecule has 0 bridgehead atoms. The zero-order chi connectivity index (χ0) is 21.3. The number of benzene rings is 1. The third kappa shape index (κ3) is 12.3. The van der Waals surface area contributed by atoms with Crippen molar-refractivity contribution in [2.24, 2.45) is 0 Å². The summed E-state index contributed by atoms with van der Waals surface area (Å²) < 4.78 is 5.96. The van der Waals surface area contributed by atoms with Gasteiger partial charge in [0.25, 0.3) is 0 Å². The van der Waals surface area contributed by atoms with Crippen LogP contribution >= 0.6 is 11.6 Å². The number of rotatable bonds is 6.